The molecule has 0 nitrogen and oxygen atoms in total. The van der Waals surface area contributed by atoms with Crippen molar-refractivity contribution in [3.8, 4) is 0 Å². The molecule has 2 fully saturated rings. The van der Waals surface area contributed by atoms with Crippen LogP contribution in [0.15, 0.2) is 0 Å². The molecule has 0 spiro atoms. The number of hydrogen-bond donors (Lipinski definition) is 0. The van der Waals surface area contributed by atoms with Crippen LogP contribution in [0.1, 0.15) is 32.6 Å². The van der Waals surface area contributed by atoms with E-state index >= 15 is 0 Å². The molecular weight excluding hydrogens is 305 g/mol. The van der Waals surface area contributed by atoms with E-state index < -0.39 is 0 Å². The molecule has 0 aromatic rings. The summed E-state index contributed by atoms with van der Waals surface area (Å²) in [5.74, 6) is 1.34. The molecule has 2 aliphatic carbocycles. The van der Waals surface area contributed by atoms with Crippen molar-refractivity contribution in [2.75, 3.05) is 0 Å². The standard InChI is InChI=1S/C8H12.C6H7.ClH.Ru/c1-2-4-6-8-7-5-3-1;1-6-4-2-3-5-6;;/h1-2,7-8H,3-6H2;2-5H,1H3;1H;/q;;;+1/p-1. The summed E-state index contributed by atoms with van der Waals surface area (Å²) < 4.78 is 0. The molecule has 2 saturated carbocycles. The van der Waals surface area contributed by atoms with E-state index in [4.69, 9.17) is 0 Å². The molecule has 9 radical (unpaired) electrons. The molecule has 90 valence electrons. The zero-order valence-corrected chi connectivity index (χ0v) is 12.2. The molecule has 0 aliphatic heterocycles. The molecule has 0 N–H and O–H groups in total. The van der Waals surface area contributed by atoms with Crippen molar-refractivity contribution in [3.05, 3.63) is 57.3 Å². The van der Waals surface area contributed by atoms with E-state index in [9.17, 15) is 0 Å². The molecule has 16 heavy (non-hydrogen) atoms. The Bertz CT molecular complexity index is 97.9. The van der Waals surface area contributed by atoms with Gasteiger partial charge < -0.3 is 0 Å². The first-order chi connectivity index (χ1) is 7.89. The molecule has 2 aliphatic rings. The van der Waals surface area contributed by atoms with Gasteiger partial charge in [-0.05, 0) is 83.0 Å². The molecule has 0 bridgehead atoms. The molecule has 0 aromatic carbocycles. The maximum absolute atomic E-state index is 4.57. The first-order valence-electron chi connectivity index (χ1n) is 5.51. The fraction of sp³-hybridized carbons (Fsp3) is 0.357. The van der Waals surface area contributed by atoms with Crippen LogP contribution in [-0.2, 0) is 17.3 Å². The average Bonchev–Trinajstić information content (AvgIpc) is 2.72. The molecular formula is C14H19ClRu. The van der Waals surface area contributed by atoms with Crippen LogP contribution in [0, 0.1) is 57.3 Å². The van der Waals surface area contributed by atoms with Gasteiger partial charge in [0.15, 0.2) is 0 Å². The van der Waals surface area contributed by atoms with Crippen LogP contribution in [0.25, 0.3) is 0 Å². The summed E-state index contributed by atoms with van der Waals surface area (Å²) in [4.78, 5) is 0. The van der Waals surface area contributed by atoms with E-state index in [1.54, 1.807) is 0 Å². The fourth-order valence-electron chi connectivity index (χ4n) is 1.33. The average molecular weight is 324 g/mol. The van der Waals surface area contributed by atoms with Gasteiger partial charge in [-0.2, -0.15) is 0 Å². The zero-order valence-electron chi connectivity index (χ0n) is 9.68. The Morgan fingerprint density at radius 1 is 0.812 bits per heavy atom. The van der Waals surface area contributed by atoms with Crippen molar-refractivity contribution in [1.29, 1.82) is 0 Å². The zero-order chi connectivity index (χ0) is 12.1. The topological polar surface area (TPSA) is 0 Å². The van der Waals surface area contributed by atoms with Crippen LogP contribution in [0.4, 0.5) is 0 Å². The third-order valence-electron chi connectivity index (χ3n) is 2.16. The normalized spacial score (nSPS) is 21.9. The molecule has 2 rings (SSSR count). The Kier molecular flexibility index (Phi) is 14.8. The minimum absolute atomic E-state index is 1.23. The van der Waals surface area contributed by atoms with Crippen molar-refractivity contribution < 1.29 is 17.3 Å². The fourth-order valence-corrected chi connectivity index (χ4v) is 1.33. The number of rotatable bonds is 0. The van der Waals surface area contributed by atoms with E-state index in [2.05, 4.69) is 55.1 Å². The van der Waals surface area contributed by atoms with Crippen LogP contribution in [0.2, 0.25) is 0 Å². The molecule has 2 heteroatoms. The predicted molar refractivity (Wildman–Crippen MR) is 67.6 cm³/mol. The number of hydrogen-bond acceptors (Lipinski definition) is 0. The summed E-state index contributed by atoms with van der Waals surface area (Å²) in [5, 5.41) is 0. The van der Waals surface area contributed by atoms with Gasteiger partial charge in [0.25, 0.3) is 0 Å². The first kappa shape index (κ1) is 16.9. The van der Waals surface area contributed by atoms with Gasteiger partial charge in [0.2, 0.25) is 0 Å². The molecule has 0 heterocycles. The van der Waals surface area contributed by atoms with Crippen LogP contribution in [0.3, 0.4) is 0 Å². The van der Waals surface area contributed by atoms with Gasteiger partial charge in [-0.1, -0.05) is 6.92 Å². The van der Waals surface area contributed by atoms with Crippen molar-refractivity contribution >= 4 is 9.69 Å². The molecule has 0 unspecified atom stereocenters. The van der Waals surface area contributed by atoms with Gasteiger partial charge in [0, 0.05) is 0 Å². The summed E-state index contributed by atoms with van der Waals surface area (Å²) in [6, 6.07) is 0. The molecule has 0 saturated heterocycles. The van der Waals surface area contributed by atoms with Gasteiger partial charge in [-0.15, -0.1) is 0 Å². The Labute approximate surface area is 117 Å². The summed E-state index contributed by atoms with van der Waals surface area (Å²) >= 11 is 1.82. The Morgan fingerprint density at radius 2 is 1.12 bits per heavy atom. The second-order valence-electron chi connectivity index (χ2n) is 3.56. The van der Waals surface area contributed by atoms with Crippen molar-refractivity contribution in [2.24, 2.45) is 0 Å². The maximum atomic E-state index is 4.57. The third-order valence-corrected chi connectivity index (χ3v) is 2.16. The van der Waals surface area contributed by atoms with Crippen LogP contribution < -0.4 is 0 Å². The van der Waals surface area contributed by atoms with Gasteiger partial charge in [0.1, 0.15) is 0 Å². The van der Waals surface area contributed by atoms with E-state index in [1.165, 1.54) is 31.6 Å². The third kappa shape index (κ3) is 11.4. The van der Waals surface area contributed by atoms with Gasteiger partial charge in [0.05, 0.1) is 0 Å². The summed E-state index contributed by atoms with van der Waals surface area (Å²) in [7, 11) is 4.57. The summed E-state index contributed by atoms with van der Waals surface area (Å²) in [6.45, 7) is 2.08. The Balaban J connectivity index is 0.000000251. The second-order valence-corrected chi connectivity index (χ2v) is 3.56. The van der Waals surface area contributed by atoms with Crippen LogP contribution >= 0.6 is 9.69 Å². The van der Waals surface area contributed by atoms with Crippen molar-refractivity contribution in [3.63, 3.8) is 0 Å². The Morgan fingerprint density at radius 3 is 1.31 bits per heavy atom. The summed E-state index contributed by atoms with van der Waals surface area (Å²) in [5.41, 5.74) is 0. The van der Waals surface area contributed by atoms with Gasteiger partial charge in [-0.3, -0.25) is 0 Å². The van der Waals surface area contributed by atoms with E-state index in [0.29, 0.717) is 0 Å². The molecule has 0 atom stereocenters. The monoisotopic (exact) mass is 324 g/mol. The van der Waals surface area contributed by atoms with Gasteiger partial charge in [-0.25, -0.2) is 0 Å². The molecule has 0 aromatic heterocycles. The Hall–Kier alpha value is 0.913. The van der Waals surface area contributed by atoms with Crippen LogP contribution in [-0.4, -0.2) is 0 Å². The predicted octanol–water partition coefficient (Wildman–Crippen LogP) is 4.48. The van der Waals surface area contributed by atoms with Gasteiger partial charge >= 0.3 is 27.0 Å². The molecule has 0 amide bonds. The second kappa shape index (κ2) is 14.0. The van der Waals surface area contributed by atoms with Crippen LogP contribution in [0.5, 0.6) is 0 Å². The minimum atomic E-state index is 1.23. The van der Waals surface area contributed by atoms with E-state index in [1.807, 2.05) is 30.2 Å². The quantitative estimate of drug-likeness (QED) is 0.577. The van der Waals surface area contributed by atoms with E-state index in [0.717, 1.165) is 0 Å². The van der Waals surface area contributed by atoms with E-state index in [-0.39, 0.29) is 0 Å². The SMILES string of the molecule is C[C]1[CH][CH][CH][CH]1.[CH]1[CH]CC[CH][CH]CC1.[Cl][Ru]. The van der Waals surface area contributed by atoms with Crippen molar-refractivity contribution in [1.82, 2.24) is 0 Å². The number of halogens is 1. The van der Waals surface area contributed by atoms with Crippen molar-refractivity contribution in [2.45, 2.75) is 32.6 Å². The first-order valence-corrected chi connectivity index (χ1v) is 7.75. The summed E-state index contributed by atoms with van der Waals surface area (Å²) in [6.07, 6.45) is 22.2.